The highest BCUT2D eigenvalue weighted by Crippen LogP contribution is 2.25. The topological polar surface area (TPSA) is 61.8 Å². The van der Waals surface area contributed by atoms with Gasteiger partial charge in [-0.1, -0.05) is 41.9 Å². The van der Waals surface area contributed by atoms with Gasteiger partial charge in [-0.15, -0.1) is 0 Å². The Morgan fingerprint density at radius 2 is 2.07 bits per heavy atom. The van der Waals surface area contributed by atoms with Crippen molar-refractivity contribution in [2.24, 2.45) is 4.99 Å². The van der Waals surface area contributed by atoms with E-state index in [9.17, 15) is 0 Å². The van der Waals surface area contributed by atoms with Gasteiger partial charge in [0.15, 0.2) is 5.96 Å². The summed E-state index contributed by atoms with van der Waals surface area (Å²) in [6.45, 7) is 4.25. The first-order valence-corrected chi connectivity index (χ1v) is 11.1. The molecule has 1 aliphatic rings. The summed E-state index contributed by atoms with van der Waals surface area (Å²) in [4.78, 5) is 11.0. The van der Waals surface area contributed by atoms with Crippen molar-refractivity contribution in [3.05, 3.63) is 59.2 Å². The molecule has 2 heterocycles. The molecule has 1 aliphatic heterocycles. The molecule has 0 saturated carbocycles. The highest BCUT2D eigenvalue weighted by atomic mass is 35.5. The van der Waals surface area contributed by atoms with Gasteiger partial charge in [-0.25, -0.2) is 4.98 Å². The average molecular weight is 430 g/mol. The second-order valence-electron chi connectivity index (χ2n) is 7.44. The summed E-state index contributed by atoms with van der Waals surface area (Å²) in [5, 5.41) is 7.61. The molecule has 162 valence electrons. The Bertz CT molecular complexity index is 786. The monoisotopic (exact) mass is 429 g/mol. The summed E-state index contributed by atoms with van der Waals surface area (Å²) >= 11 is 6.28. The highest BCUT2D eigenvalue weighted by molar-refractivity contribution is 6.32. The number of rotatable bonds is 10. The molecule has 1 unspecified atom stereocenters. The molecular formula is C23H32ClN5O. The fourth-order valence-electron chi connectivity index (χ4n) is 3.54. The first kappa shape index (κ1) is 22.4. The maximum absolute atomic E-state index is 6.28. The number of halogens is 1. The van der Waals surface area contributed by atoms with Gasteiger partial charge in [0.2, 0.25) is 0 Å². The van der Waals surface area contributed by atoms with E-state index >= 15 is 0 Å². The Morgan fingerprint density at radius 3 is 2.87 bits per heavy atom. The van der Waals surface area contributed by atoms with Crippen LogP contribution in [0.1, 0.15) is 24.8 Å². The van der Waals surface area contributed by atoms with Crippen LogP contribution < -0.4 is 15.5 Å². The molecule has 1 fully saturated rings. The van der Waals surface area contributed by atoms with Crippen LogP contribution in [0.4, 0.5) is 5.82 Å². The largest absolute Gasteiger partial charge is 0.381 e. The van der Waals surface area contributed by atoms with Crippen LogP contribution in [0.25, 0.3) is 0 Å². The van der Waals surface area contributed by atoms with Gasteiger partial charge in [0.1, 0.15) is 5.82 Å². The van der Waals surface area contributed by atoms with Crippen LogP contribution in [0, 0.1) is 0 Å². The number of guanidine groups is 1. The number of anilines is 1. The van der Waals surface area contributed by atoms with E-state index in [1.807, 2.05) is 25.2 Å². The lowest BCUT2D eigenvalue weighted by Gasteiger charge is -2.20. The van der Waals surface area contributed by atoms with E-state index < -0.39 is 0 Å². The molecule has 2 aromatic rings. The first-order valence-electron chi connectivity index (χ1n) is 10.7. The van der Waals surface area contributed by atoms with Crippen molar-refractivity contribution in [2.45, 2.75) is 31.7 Å². The minimum absolute atomic E-state index is 0.329. The summed E-state index contributed by atoms with van der Waals surface area (Å²) in [5.41, 5.74) is 1.32. The minimum atomic E-state index is 0.329. The van der Waals surface area contributed by atoms with Crippen LogP contribution in [0.3, 0.4) is 0 Å². The lowest BCUT2D eigenvalue weighted by atomic mass is 10.2. The van der Waals surface area contributed by atoms with E-state index in [-0.39, 0.29) is 0 Å². The zero-order valence-electron chi connectivity index (χ0n) is 17.7. The Kier molecular flexibility index (Phi) is 9.25. The van der Waals surface area contributed by atoms with Gasteiger partial charge in [-0.05, 0) is 43.4 Å². The van der Waals surface area contributed by atoms with E-state index in [0.717, 1.165) is 70.3 Å². The molecule has 1 aromatic heterocycles. The fourth-order valence-corrected chi connectivity index (χ4v) is 3.78. The van der Waals surface area contributed by atoms with Crippen molar-refractivity contribution in [3.63, 3.8) is 0 Å². The second-order valence-corrected chi connectivity index (χ2v) is 7.85. The van der Waals surface area contributed by atoms with E-state index in [2.05, 4.69) is 49.8 Å². The maximum atomic E-state index is 6.28. The van der Waals surface area contributed by atoms with Gasteiger partial charge in [0.25, 0.3) is 0 Å². The van der Waals surface area contributed by atoms with Crippen molar-refractivity contribution in [3.8, 4) is 0 Å². The van der Waals surface area contributed by atoms with Crippen LogP contribution >= 0.6 is 11.6 Å². The van der Waals surface area contributed by atoms with Crippen LogP contribution in [-0.4, -0.2) is 56.9 Å². The van der Waals surface area contributed by atoms with E-state index in [4.69, 9.17) is 16.3 Å². The average Bonchev–Trinajstić information content (AvgIpc) is 3.24. The molecule has 1 atom stereocenters. The van der Waals surface area contributed by atoms with Gasteiger partial charge >= 0.3 is 0 Å². The maximum Gasteiger partial charge on any atom is 0.191 e. The summed E-state index contributed by atoms with van der Waals surface area (Å²) in [6.07, 6.45) is 5.87. The Labute approximate surface area is 184 Å². The van der Waals surface area contributed by atoms with Crippen LogP contribution in [0.15, 0.2) is 53.7 Å². The summed E-state index contributed by atoms with van der Waals surface area (Å²) in [6, 6.07) is 14.5. The molecule has 0 spiro atoms. The second kappa shape index (κ2) is 12.4. The number of unbranched alkanes of at least 4 members (excludes halogenated alkanes) is 1. The SMILES string of the molecule is CN=C(NCCCCOCCc1ccccc1)NC1CCN(c2ncccc2Cl)C1. The molecule has 7 heteroatoms. The van der Waals surface area contributed by atoms with E-state index in [1.54, 1.807) is 6.20 Å². The summed E-state index contributed by atoms with van der Waals surface area (Å²) in [5.74, 6) is 1.71. The number of nitrogens with one attached hydrogen (secondary N) is 2. The molecule has 2 N–H and O–H groups in total. The number of nitrogens with zero attached hydrogens (tertiary/aromatic N) is 3. The fraction of sp³-hybridized carbons (Fsp3) is 0.478. The Morgan fingerprint density at radius 1 is 1.20 bits per heavy atom. The summed E-state index contributed by atoms with van der Waals surface area (Å²) < 4.78 is 5.75. The number of aliphatic imine (C=N–C) groups is 1. The third-order valence-electron chi connectivity index (χ3n) is 5.18. The van der Waals surface area contributed by atoms with Crippen molar-refractivity contribution in [1.29, 1.82) is 0 Å². The van der Waals surface area contributed by atoms with E-state index in [1.165, 1.54) is 5.56 Å². The Balaban J connectivity index is 1.26. The number of hydrogen-bond acceptors (Lipinski definition) is 4. The molecular weight excluding hydrogens is 398 g/mol. The molecule has 0 bridgehead atoms. The predicted octanol–water partition coefficient (Wildman–Crippen LogP) is 3.52. The van der Waals surface area contributed by atoms with Gasteiger partial charge in [-0.2, -0.15) is 0 Å². The van der Waals surface area contributed by atoms with Gasteiger partial charge < -0.3 is 20.3 Å². The van der Waals surface area contributed by atoms with Crippen molar-refractivity contribution >= 4 is 23.4 Å². The molecule has 0 aliphatic carbocycles. The van der Waals surface area contributed by atoms with Crippen molar-refractivity contribution < 1.29 is 4.74 Å². The highest BCUT2D eigenvalue weighted by Gasteiger charge is 2.25. The zero-order chi connectivity index (χ0) is 21.0. The molecule has 3 rings (SSSR count). The molecule has 30 heavy (non-hydrogen) atoms. The number of hydrogen-bond donors (Lipinski definition) is 2. The van der Waals surface area contributed by atoms with Crippen molar-refractivity contribution in [1.82, 2.24) is 15.6 Å². The zero-order valence-corrected chi connectivity index (χ0v) is 18.4. The quantitative estimate of drug-likeness (QED) is 0.344. The number of benzene rings is 1. The number of aromatic nitrogens is 1. The normalized spacial score (nSPS) is 16.7. The predicted molar refractivity (Wildman–Crippen MR) is 125 cm³/mol. The van der Waals surface area contributed by atoms with Crippen LogP contribution in [0.2, 0.25) is 5.02 Å². The molecule has 1 aromatic carbocycles. The third-order valence-corrected chi connectivity index (χ3v) is 5.47. The first-order chi connectivity index (χ1) is 14.8. The van der Waals surface area contributed by atoms with Gasteiger partial charge in [0, 0.05) is 45.5 Å². The van der Waals surface area contributed by atoms with E-state index in [0.29, 0.717) is 11.1 Å². The standard InChI is InChI=1S/C23H32ClN5O/c1-25-23(27-13-5-6-16-30-17-12-19-8-3-2-4-9-19)28-20-11-15-29(18-20)22-21(24)10-7-14-26-22/h2-4,7-10,14,20H,5-6,11-13,15-18H2,1H3,(H2,25,27,28). The number of ether oxygens (including phenoxy) is 1. The lowest BCUT2D eigenvalue weighted by molar-refractivity contribution is 0.133. The smallest absolute Gasteiger partial charge is 0.191 e. The Hall–Kier alpha value is -2.31. The molecule has 0 amide bonds. The minimum Gasteiger partial charge on any atom is -0.381 e. The van der Waals surface area contributed by atoms with Crippen LogP contribution in [0.5, 0.6) is 0 Å². The lowest BCUT2D eigenvalue weighted by Crippen LogP contribution is -2.45. The third kappa shape index (κ3) is 7.18. The molecule has 0 radical (unpaired) electrons. The number of pyridine rings is 1. The molecule has 6 nitrogen and oxygen atoms in total. The summed E-state index contributed by atoms with van der Waals surface area (Å²) in [7, 11) is 1.81. The molecule has 1 saturated heterocycles. The van der Waals surface area contributed by atoms with Gasteiger partial charge in [-0.3, -0.25) is 4.99 Å². The van der Waals surface area contributed by atoms with Gasteiger partial charge in [0.05, 0.1) is 11.6 Å². The van der Waals surface area contributed by atoms with Crippen molar-refractivity contribution in [2.75, 3.05) is 44.8 Å². The van der Waals surface area contributed by atoms with Crippen LogP contribution in [-0.2, 0) is 11.2 Å².